The van der Waals surface area contributed by atoms with E-state index < -0.39 is 0 Å². The Morgan fingerprint density at radius 2 is 2.11 bits per heavy atom. The van der Waals surface area contributed by atoms with Crippen molar-refractivity contribution in [2.75, 3.05) is 0 Å². The molecule has 0 N–H and O–H groups in total. The molecule has 0 aromatic heterocycles. The maximum atomic E-state index is 6.16. The maximum Gasteiger partial charge on any atom is 0.124 e. The van der Waals surface area contributed by atoms with E-state index in [4.69, 9.17) is 4.74 Å². The van der Waals surface area contributed by atoms with Gasteiger partial charge in [-0.1, -0.05) is 41.4 Å². The Bertz CT molecular complexity index is 605. The molecule has 2 aromatic rings. The zero-order chi connectivity index (χ0) is 12.8. The molecule has 0 saturated heterocycles. The van der Waals surface area contributed by atoms with Crippen molar-refractivity contribution in [3.63, 3.8) is 0 Å². The Kier molecular flexibility index (Phi) is 2.86. The van der Waals surface area contributed by atoms with Crippen molar-refractivity contribution in [3.8, 4) is 5.75 Å². The van der Waals surface area contributed by atoms with Crippen LogP contribution in [0.2, 0.25) is 0 Å². The smallest absolute Gasteiger partial charge is 0.124 e. The van der Waals surface area contributed by atoms with Gasteiger partial charge in [0.15, 0.2) is 0 Å². The molecule has 0 radical (unpaired) electrons. The normalized spacial score (nSPS) is 21.9. The van der Waals surface area contributed by atoms with Gasteiger partial charge in [-0.15, -0.1) is 0 Å². The van der Waals surface area contributed by atoms with Gasteiger partial charge in [-0.3, -0.25) is 0 Å². The van der Waals surface area contributed by atoms with Gasteiger partial charge in [-0.25, -0.2) is 0 Å². The van der Waals surface area contributed by atoms with E-state index in [1.165, 1.54) is 16.3 Å². The molecule has 1 atom stereocenters. The summed E-state index contributed by atoms with van der Waals surface area (Å²) in [5.41, 5.74) is 1.36. The van der Waals surface area contributed by atoms with Crippen LogP contribution in [0.3, 0.4) is 0 Å². The first-order valence-corrected chi connectivity index (χ1v) is 7.31. The fourth-order valence-corrected chi connectivity index (χ4v) is 3.35. The van der Waals surface area contributed by atoms with Crippen LogP contribution in [0.25, 0.3) is 10.8 Å². The van der Waals surface area contributed by atoms with Gasteiger partial charge >= 0.3 is 0 Å². The monoisotopic (exact) mass is 304 g/mol. The quantitative estimate of drug-likeness (QED) is 0.750. The average Bonchev–Trinajstić information content (AvgIpc) is 2.65. The van der Waals surface area contributed by atoms with Gasteiger partial charge in [0, 0.05) is 16.5 Å². The molecule has 1 unspecified atom stereocenters. The average molecular weight is 305 g/mol. The summed E-state index contributed by atoms with van der Waals surface area (Å²) in [6.45, 7) is 4.44. The summed E-state index contributed by atoms with van der Waals surface area (Å²) in [6, 6.07) is 10.7. The van der Waals surface area contributed by atoms with E-state index in [0.29, 0.717) is 0 Å². The Morgan fingerprint density at radius 1 is 1.28 bits per heavy atom. The molecule has 2 aromatic carbocycles. The molecule has 1 nitrogen and oxygen atoms in total. The lowest BCUT2D eigenvalue weighted by Crippen LogP contribution is -2.29. The van der Waals surface area contributed by atoms with Gasteiger partial charge in [0.05, 0.1) is 0 Å². The first kappa shape index (κ1) is 12.0. The number of rotatable bonds is 2. The molecule has 1 aliphatic rings. The second kappa shape index (κ2) is 4.27. The predicted molar refractivity (Wildman–Crippen MR) is 79.3 cm³/mol. The third kappa shape index (κ3) is 1.93. The van der Waals surface area contributed by atoms with Crippen molar-refractivity contribution in [2.45, 2.75) is 38.7 Å². The van der Waals surface area contributed by atoms with Gasteiger partial charge < -0.3 is 4.74 Å². The fourth-order valence-electron chi connectivity index (χ4n) is 2.97. The highest BCUT2D eigenvalue weighted by atomic mass is 79.9. The Labute approximate surface area is 116 Å². The van der Waals surface area contributed by atoms with Crippen LogP contribution in [0, 0.1) is 0 Å². The van der Waals surface area contributed by atoms with Crippen LogP contribution in [-0.2, 0) is 6.42 Å². The lowest BCUT2D eigenvalue weighted by atomic mass is 9.92. The summed E-state index contributed by atoms with van der Waals surface area (Å²) >= 11 is 3.53. The maximum absolute atomic E-state index is 6.16. The van der Waals surface area contributed by atoms with Crippen molar-refractivity contribution in [3.05, 3.63) is 40.4 Å². The molecule has 0 aliphatic carbocycles. The van der Waals surface area contributed by atoms with E-state index in [1.807, 2.05) is 0 Å². The molecule has 0 amide bonds. The third-order valence-corrected chi connectivity index (χ3v) is 4.23. The van der Waals surface area contributed by atoms with Crippen LogP contribution in [0.15, 0.2) is 34.8 Å². The number of fused-ring (bicyclic) bond motifs is 3. The molecule has 1 heterocycles. The highest BCUT2D eigenvalue weighted by molar-refractivity contribution is 9.10. The number of benzene rings is 2. The largest absolute Gasteiger partial charge is 0.487 e. The number of hydrogen-bond donors (Lipinski definition) is 0. The summed E-state index contributed by atoms with van der Waals surface area (Å²) in [6.07, 6.45) is 3.29. The van der Waals surface area contributed by atoms with Crippen LogP contribution in [0.5, 0.6) is 5.75 Å². The summed E-state index contributed by atoms with van der Waals surface area (Å²) in [5.74, 6) is 1.07. The minimum absolute atomic E-state index is 0.0154. The van der Waals surface area contributed by atoms with Gasteiger partial charge in [-0.2, -0.15) is 0 Å². The second-order valence-corrected chi connectivity index (χ2v) is 6.30. The molecule has 0 spiro atoms. The van der Waals surface area contributed by atoms with Gasteiger partial charge in [0.25, 0.3) is 0 Å². The minimum Gasteiger partial charge on any atom is -0.487 e. The van der Waals surface area contributed by atoms with Crippen molar-refractivity contribution < 1.29 is 4.74 Å². The molecule has 1 aliphatic heterocycles. The van der Waals surface area contributed by atoms with Crippen LogP contribution in [-0.4, -0.2) is 5.60 Å². The summed E-state index contributed by atoms with van der Waals surface area (Å²) in [5, 5.41) is 2.61. The Hall–Kier alpha value is -1.02. The zero-order valence-corrected chi connectivity index (χ0v) is 12.4. The predicted octanol–water partition coefficient (Wildman–Crippen LogP) is 5.10. The molecular formula is C16H17BrO. The van der Waals surface area contributed by atoms with Gasteiger partial charge in [-0.05, 0) is 42.3 Å². The molecule has 94 valence electrons. The van der Waals surface area contributed by atoms with Crippen LogP contribution < -0.4 is 4.74 Å². The summed E-state index contributed by atoms with van der Waals surface area (Å²) in [4.78, 5) is 0. The molecule has 0 saturated carbocycles. The standard InChI is InChI=1S/C16H17BrO/c1-3-8-16(2)10-14-13-6-5-12(17)9-11(13)4-7-15(14)18-16/h4-7,9H,3,8,10H2,1-2H3. The summed E-state index contributed by atoms with van der Waals surface area (Å²) in [7, 11) is 0. The highest BCUT2D eigenvalue weighted by Crippen LogP contribution is 2.41. The first-order valence-electron chi connectivity index (χ1n) is 6.51. The lowest BCUT2D eigenvalue weighted by molar-refractivity contribution is 0.105. The van der Waals surface area contributed by atoms with Crippen LogP contribution >= 0.6 is 15.9 Å². The molecule has 2 heteroatoms. The van der Waals surface area contributed by atoms with E-state index in [9.17, 15) is 0 Å². The Balaban J connectivity index is 2.11. The first-order chi connectivity index (χ1) is 8.61. The van der Waals surface area contributed by atoms with E-state index in [1.54, 1.807) is 0 Å². The third-order valence-electron chi connectivity index (χ3n) is 3.74. The minimum atomic E-state index is -0.0154. The van der Waals surface area contributed by atoms with E-state index in [2.05, 4.69) is 60.1 Å². The van der Waals surface area contributed by atoms with Crippen molar-refractivity contribution in [2.24, 2.45) is 0 Å². The van der Waals surface area contributed by atoms with Crippen LogP contribution in [0.4, 0.5) is 0 Å². The van der Waals surface area contributed by atoms with Crippen molar-refractivity contribution >= 4 is 26.7 Å². The van der Waals surface area contributed by atoms with Crippen molar-refractivity contribution in [1.29, 1.82) is 0 Å². The van der Waals surface area contributed by atoms with E-state index >= 15 is 0 Å². The molecular weight excluding hydrogens is 288 g/mol. The molecule has 3 rings (SSSR count). The number of halogens is 1. The van der Waals surface area contributed by atoms with Crippen molar-refractivity contribution in [1.82, 2.24) is 0 Å². The number of ether oxygens (including phenoxy) is 1. The highest BCUT2D eigenvalue weighted by Gasteiger charge is 2.34. The topological polar surface area (TPSA) is 9.23 Å². The fraction of sp³-hybridized carbons (Fsp3) is 0.375. The van der Waals surface area contributed by atoms with E-state index in [0.717, 1.165) is 29.5 Å². The zero-order valence-electron chi connectivity index (χ0n) is 10.8. The Morgan fingerprint density at radius 3 is 2.89 bits per heavy atom. The van der Waals surface area contributed by atoms with Crippen LogP contribution in [0.1, 0.15) is 32.3 Å². The van der Waals surface area contributed by atoms with Gasteiger partial charge in [0.2, 0.25) is 0 Å². The molecule has 18 heavy (non-hydrogen) atoms. The molecule has 0 fully saturated rings. The SMILES string of the molecule is CCCC1(C)Cc2c(ccc3cc(Br)ccc23)O1. The molecule has 0 bridgehead atoms. The van der Waals surface area contributed by atoms with E-state index in [-0.39, 0.29) is 5.60 Å². The lowest BCUT2D eigenvalue weighted by Gasteiger charge is -2.22. The summed E-state index contributed by atoms with van der Waals surface area (Å²) < 4.78 is 7.29. The second-order valence-electron chi connectivity index (χ2n) is 5.39. The van der Waals surface area contributed by atoms with Gasteiger partial charge in [0.1, 0.15) is 11.4 Å². The number of hydrogen-bond acceptors (Lipinski definition) is 1.